The van der Waals surface area contributed by atoms with E-state index in [9.17, 15) is 0 Å². The van der Waals surface area contributed by atoms with Gasteiger partial charge >= 0.3 is 6.01 Å². The van der Waals surface area contributed by atoms with Crippen molar-refractivity contribution < 1.29 is 14.2 Å². The molecule has 174 valence electrons. The van der Waals surface area contributed by atoms with Crippen LogP contribution in [0.4, 0.5) is 5.69 Å². The summed E-state index contributed by atoms with van der Waals surface area (Å²) >= 11 is 5.99. The molecule has 1 saturated carbocycles. The minimum absolute atomic E-state index is 0.142. The minimum Gasteiger partial charge on any atom is -0.488 e. The minimum atomic E-state index is 0.142. The fourth-order valence-electron chi connectivity index (χ4n) is 4.57. The van der Waals surface area contributed by atoms with E-state index in [0.717, 1.165) is 80.9 Å². The topological polar surface area (TPSA) is 95.4 Å². The Morgan fingerprint density at radius 2 is 1.82 bits per heavy atom. The second kappa shape index (κ2) is 10.0. The highest BCUT2D eigenvalue weighted by atomic mass is 35.5. The summed E-state index contributed by atoms with van der Waals surface area (Å²) in [7, 11) is 1.53. The summed E-state index contributed by atoms with van der Waals surface area (Å²) in [6.45, 7) is 3.19. The molecule has 1 aromatic carbocycles. The van der Waals surface area contributed by atoms with E-state index in [0.29, 0.717) is 11.7 Å². The highest BCUT2D eigenvalue weighted by Crippen LogP contribution is 2.34. The van der Waals surface area contributed by atoms with Crippen LogP contribution in [-0.4, -0.2) is 64.4 Å². The maximum atomic E-state index is 6.51. The van der Waals surface area contributed by atoms with E-state index < -0.39 is 0 Å². The van der Waals surface area contributed by atoms with Crippen molar-refractivity contribution in [3.63, 3.8) is 0 Å². The van der Waals surface area contributed by atoms with Crippen molar-refractivity contribution in [2.75, 3.05) is 38.3 Å². The van der Waals surface area contributed by atoms with E-state index in [1.54, 1.807) is 12.4 Å². The molecule has 10 heteroatoms. The molecule has 3 heterocycles. The number of hydrogen-bond acceptors (Lipinski definition) is 9. The van der Waals surface area contributed by atoms with E-state index in [1.807, 2.05) is 0 Å². The molecule has 0 N–H and O–H groups in total. The molecular formula is C23H27ClN6O3. The standard InChI is InChI=1S/C23H27ClN6O3/c1-31-23-28-20(27-22(24)29-23)12-15-2-4-17(5-3-15)33-19-14-16(30-8-10-32-11-9-30)13-18-21(19)26-7-6-25-18/h6-7,13-15,17H,2-5,8-12H2,1H3. The van der Waals surface area contributed by atoms with Crippen LogP contribution in [0.2, 0.25) is 5.28 Å². The molecular weight excluding hydrogens is 444 g/mol. The maximum absolute atomic E-state index is 6.51. The Morgan fingerprint density at radius 3 is 2.61 bits per heavy atom. The number of hydrogen-bond donors (Lipinski definition) is 0. The summed E-state index contributed by atoms with van der Waals surface area (Å²) in [5.74, 6) is 1.96. The molecule has 1 saturated heterocycles. The summed E-state index contributed by atoms with van der Waals surface area (Å²) in [6, 6.07) is 4.45. The lowest BCUT2D eigenvalue weighted by Gasteiger charge is -2.31. The van der Waals surface area contributed by atoms with Gasteiger partial charge in [-0.25, -0.2) is 9.97 Å². The van der Waals surface area contributed by atoms with Crippen LogP contribution in [-0.2, 0) is 11.2 Å². The van der Waals surface area contributed by atoms with Gasteiger partial charge in [-0.2, -0.15) is 9.97 Å². The predicted molar refractivity (Wildman–Crippen MR) is 124 cm³/mol. The van der Waals surface area contributed by atoms with E-state index in [-0.39, 0.29) is 17.4 Å². The van der Waals surface area contributed by atoms with E-state index in [2.05, 4.69) is 42.0 Å². The number of benzene rings is 1. The zero-order valence-corrected chi connectivity index (χ0v) is 19.4. The number of rotatable bonds is 6. The first-order chi connectivity index (χ1) is 16.2. The number of nitrogens with zero attached hydrogens (tertiary/aromatic N) is 6. The number of morpholine rings is 1. The Kier molecular flexibility index (Phi) is 6.68. The largest absolute Gasteiger partial charge is 0.488 e. The molecule has 33 heavy (non-hydrogen) atoms. The average Bonchev–Trinajstić information content (AvgIpc) is 2.85. The lowest BCUT2D eigenvalue weighted by Crippen LogP contribution is -2.36. The summed E-state index contributed by atoms with van der Waals surface area (Å²) in [6.07, 6.45) is 8.33. The van der Waals surface area contributed by atoms with Crippen LogP contribution in [0, 0.1) is 5.92 Å². The van der Waals surface area contributed by atoms with Crippen molar-refractivity contribution in [3.8, 4) is 11.8 Å². The number of halogens is 1. The number of anilines is 1. The van der Waals surface area contributed by atoms with E-state index in [4.69, 9.17) is 25.8 Å². The molecule has 0 spiro atoms. The van der Waals surface area contributed by atoms with Crippen LogP contribution in [0.3, 0.4) is 0 Å². The highest BCUT2D eigenvalue weighted by molar-refractivity contribution is 6.28. The van der Waals surface area contributed by atoms with Crippen LogP contribution in [0.15, 0.2) is 24.5 Å². The first-order valence-corrected chi connectivity index (χ1v) is 11.7. The smallest absolute Gasteiger partial charge is 0.320 e. The number of aromatic nitrogens is 5. The molecule has 0 amide bonds. The van der Waals surface area contributed by atoms with Crippen molar-refractivity contribution in [2.45, 2.75) is 38.2 Å². The van der Waals surface area contributed by atoms with Gasteiger partial charge in [0.15, 0.2) is 0 Å². The van der Waals surface area contributed by atoms with Gasteiger partial charge in [-0.1, -0.05) is 0 Å². The third-order valence-electron chi connectivity index (χ3n) is 6.27. The Morgan fingerprint density at radius 1 is 1.03 bits per heavy atom. The first-order valence-electron chi connectivity index (χ1n) is 11.4. The van der Waals surface area contributed by atoms with Crippen LogP contribution < -0.4 is 14.4 Å². The lowest BCUT2D eigenvalue weighted by atomic mass is 9.85. The fourth-order valence-corrected chi connectivity index (χ4v) is 4.74. The van der Waals surface area contributed by atoms with Gasteiger partial charge in [0.1, 0.15) is 17.1 Å². The van der Waals surface area contributed by atoms with Gasteiger partial charge in [-0.3, -0.25) is 4.98 Å². The van der Waals surface area contributed by atoms with E-state index in [1.165, 1.54) is 7.11 Å². The maximum Gasteiger partial charge on any atom is 0.320 e. The number of methoxy groups -OCH3 is 1. The Balaban J connectivity index is 1.26. The predicted octanol–water partition coefficient (Wildman–Crippen LogP) is 3.49. The van der Waals surface area contributed by atoms with Crippen LogP contribution in [0.5, 0.6) is 11.8 Å². The average molecular weight is 471 g/mol. The molecule has 0 unspecified atom stereocenters. The van der Waals surface area contributed by atoms with Crippen molar-refractivity contribution in [3.05, 3.63) is 35.6 Å². The molecule has 2 fully saturated rings. The molecule has 2 aliphatic rings. The van der Waals surface area contributed by atoms with Gasteiger partial charge in [0, 0.05) is 43.7 Å². The zero-order chi connectivity index (χ0) is 22.6. The van der Waals surface area contributed by atoms with Crippen molar-refractivity contribution in [1.82, 2.24) is 24.9 Å². The van der Waals surface area contributed by atoms with E-state index >= 15 is 0 Å². The van der Waals surface area contributed by atoms with Crippen LogP contribution >= 0.6 is 11.6 Å². The van der Waals surface area contributed by atoms with Gasteiger partial charge < -0.3 is 19.1 Å². The van der Waals surface area contributed by atoms with Gasteiger partial charge in [0.25, 0.3) is 0 Å². The third kappa shape index (κ3) is 5.25. The van der Waals surface area contributed by atoms with Gasteiger partial charge in [-0.15, -0.1) is 0 Å². The summed E-state index contributed by atoms with van der Waals surface area (Å²) in [4.78, 5) is 23.9. The van der Waals surface area contributed by atoms with Gasteiger partial charge in [0.2, 0.25) is 5.28 Å². The second-order valence-corrected chi connectivity index (χ2v) is 8.78. The monoisotopic (exact) mass is 470 g/mol. The molecule has 0 atom stereocenters. The lowest BCUT2D eigenvalue weighted by molar-refractivity contribution is 0.122. The molecule has 0 bridgehead atoms. The van der Waals surface area contributed by atoms with Crippen LogP contribution in [0.25, 0.3) is 11.0 Å². The summed E-state index contributed by atoms with van der Waals surface area (Å²) < 4.78 is 17.1. The summed E-state index contributed by atoms with van der Waals surface area (Å²) in [5.41, 5.74) is 2.77. The SMILES string of the molecule is COc1nc(Cl)nc(CC2CCC(Oc3cc(N4CCOCC4)cc4nccnc34)CC2)n1. The highest BCUT2D eigenvalue weighted by Gasteiger charge is 2.25. The Labute approximate surface area is 197 Å². The first kappa shape index (κ1) is 22.0. The second-order valence-electron chi connectivity index (χ2n) is 8.44. The van der Waals surface area contributed by atoms with Crippen molar-refractivity contribution >= 4 is 28.3 Å². The fraction of sp³-hybridized carbons (Fsp3) is 0.522. The molecule has 5 rings (SSSR count). The molecule has 9 nitrogen and oxygen atoms in total. The van der Waals surface area contributed by atoms with Gasteiger partial charge in [0.05, 0.1) is 31.9 Å². The zero-order valence-electron chi connectivity index (χ0n) is 18.6. The van der Waals surface area contributed by atoms with Crippen molar-refractivity contribution in [2.24, 2.45) is 5.92 Å². The molecule has 1 aliphatic heterocycles. The number of fused-ring (bicyclic) bond motifs is 1. The number of ether oxygens (including phenoxy) is 3. The third-order valence-corrected chi connectivity index (χ3v) is 6.44. The molecule has 0 radical (unpaired) electrons. The molecule has 3 aromatic rings. The normalized spacial score (nSPS) is 21.2. The van der Waals surface area contributed by atoms with Crippen molar-refractivity contribution in [1.29, 1.82) is 0 Å². The molecule has 2 aromatic heterocycles. The summed E-state index contributed by atoms with van der Waals surface area (Å²) in [5, 5.41) is 0.169. The Bertz CT molecular complexity index is 1100. The quantitative estimate of drug-likeness (QED) is 0.536. The van der Waals surface area contributed by atoms with Gasteiger partial charge in [-0.05, 0) is 49.3 Å². The molecule has 1 aliphatic carbocycles. The van der Waals surface area contributed by atoms with Crippen LogP contribution in [0.1, 0.15) is 31.5 Å². The Hall–Kier alpha value is -2.78.